The van der Waals surface area contributed by atoms with Crippen LogP contribution in [0, 0.1) is 0 Å². The van der Waals surface area contributed by atoms with E-state index < -0.39 is 16.1 Å². The molecule has 27 heavy (non-hydrogen) atoms. The topological polar surface area (TPSA) is 66.9 Å². The van der Waals surface area contributed by atoms with E-state index in [4.69, 9.17) is 4.74 Å². The summed E-state index contributed by atoms with van der Waals surface area (Å²) in [4.78, 5) is 14.2. The zero-order chi connectivity index (χ0) is 19.4. The average Bonchev–Trinajstić information content (AvgIpc) is 2.68. The zero-order valence-corrected chi connectivity index (χ0v) is 16.4. The molecule has 7 heteroatoms. The summed E-state index contributed by atoms with van der Waals surface area (Å²) >= 11 is 0. The number of sulfonamides is 1. The van der Waals surface area contributed by atoms with Gasteiger partial charge in [-0.05, 0) is 30.2 Å². The summed E-state index contributed by atoms with van der Waals surface area (Å²) in [6.07, 6.45) is 0.562. The SMILES string of the molecule is C[C@H](Oc1ccc(-c2ccccc2)cc1)C(=O)N1CCN(S(C)(=O)=O)CC1. The van der Waals surface area contributed by atoms with Crippen molar-refractivity contribution in [2.45, 2.75) is 13.0 Å². The third-order valence-corrected chi connectivity index (χ3v) is 5.94. The summed E-state index contributed by atoms with van der Waals surface area (Å²) < 4.78 is 30.3. The predicted octanol–water partition coefficient (Wildman–Crippen LogP) is 2.22. The van der Waals surface area contributed by atoms with Crippen molar-refractivity contribution in [1.29, 1.82) is 0 Å². The highest BCUT2D eigenvalue weighted by molar-refractivity contribution is 7.88. The van der Waals surface area contributed by atoms with E-state index in [0.717, 1.165) is 11.1 Å². The van der Waals surface area contributed by atoms with Gasteiger partial charge in [-0.15, -0.1) is 0 Å². The second-order valence-corrected chi connectivity index (χ2v) is 8.62. The van der Waals surface area contributed by atoms with Gasteiger partial charge in [0, 0.05) is 26.2 Å². The highest BCUT2D eigenvalue weighted by atomic mass is 32.2. The monoisotopic (exact) mass is 388 g/mol. The van der Waals surface area contributed by atoms with Gasteiger partial charge in [0.05, 0.1) is 6.26 Å². The average molecular weight is 388 g/mol. The zero-order valence-electron chi connectivity index (χ0n) is 15.5. The predicted molar refractivity (Wildman–Crippen MR) is 105 cm³/mol. The van der Waals surface area contributed by atoms with E-state index in [0.29, 0.717) is 31.9 Å². The van der Waals surface area contributed by atoms with E-state index in [9.17, 15) is 13.2 Å². The third kappa shape index (κ3) is 4.87. The number of amides is 1. The first kappa shape index (κ1) is 19.4. The van der Waals surface area contributed by atoms with E-state index in [-0.39, 0.29) is 5.91 Å². The van der Waals surface area contributed by atoms with Gasteiger partial charge in [-0.1, -0.05) is 42.5 Å². The Balaban J connectivity index is 1.57. The molecule has 1 saturated heterocycles. The van der Waals surface area contributed by atoms with Crippen molar-refractivity contribution in [3.05, 3.63) is 54.6 Å². The molecule has 0 aromatic heterocycles. The van der Waals surface area contributed by atoms with Gasteiger partial charge in [0.1, 0.15) is 5.75 Å². The molecule has 1 amide bonds. The molecule has 0 spiro atoms. The first-order valence-corrected chi connectivity index (χ1v) is 10.8. The standard InChI is InChI=1S/C20H24N2O4S/c1-16(20(23)21-12-14-22(15-13-21)27(2,24)25)26-19-10-8-18(9-11-19)17-6-4-3-5-7-17/h3-11,16H,12-15H2,1-2H3/t16-/m0/s1. The number of rotatable bonds is 5. The lowest BCUT2D eigenvalue weighted by Crippen LogP contribution is -2.53. The number of benzene rings is 2. The minimum Gasteiger partial charge on any atom is -0.481 e. The molecule has 0 radical (unpaired) electrons. The second-order valence-electron chi connectivity index (χ2n) is 6.64. The van der Waals surface area contributed by atoms with Crippen LogP contribution in [-0.2, 0) is 14.8 Å². The molecule has 3 rings (SSSR count). The number of hydrogen-bond acceptors (Lipinski definition) is 4. The van der Waals surface area contributed by atoms with Crippen molar-refractivity contribution in [2.24, 2.45) is 0 Å². The fourth-order valence-electron chi connectivity index (χ4n) is 3.11. The summed E-state index contributed by atoms with van der Waals surface area (Å²) in [6, 6.07) is 17.7. The maximum Gasteiger partial charge on any atom is 0.263 e. The van der Waals surface area contributed by atoms with E-state index in [1.165, 1.54) is 10.6 Å². The van der Waals surface area contributed by atoms with Crippen molar-refractivity contribution < 1.29 is 17.9 Å². The van der Waals surface area contributed by atoms with Crippen LogP contribution < -0.4 is 4.74 Å². The summed E-state index contributed by atoms with van der Waals surface area (Å²) in [5, 5.41) is 0. The molecule has 1 atom stereocenters. The smallest absolute Gasteiger partial charge is 0.263 e. The first-order chi connectivity index (χ1) is 12.8. The van der Waals surface area contributed by atoms with Crippen LogP contribution in [0.15, 0.2) is 54.6 Å². The summed E-state index contributed by atoms with van der Waals surface area (Å²) in [7, 11) is -3.21. The second kappa shape index (κ2) is 8.10. The molecule has 2 aromatic carbocycles. The number of ether oxygens (including phenoxy) is 1. The van der Waals surface area contributed by atoms with E-state index in [1.54, 1.807) is 11.8 Å². The van der Waals surface area contributed by atoms with Crippen LogP contribution in [0.1, 0.15) is 6.92 Å². The van der Waals surface area contributed by atoms with Gasteiger partial charge in [-0.2, -0.15) is 4.31 Å². The van der Waals surface area contributed by atoms with Gasteiger partial charge in [-0.25, -0.2) is 8.42 Å². The summed E-state index contributed by atoms with van der Waals surface area (Å²) in [5.41, 5.74) is 2.20. The Morgan fingerprint density at radius 2 is 1.48 bits per heavy atom. The van der Waals surface area contributed by atoms with Crippen molar-refractivity contribution in [3.8, 4) is 16.9 Å². The number of hydrogen-bond donors (Lipinski definition) is 0. The molecule has 1 fully saturated rings. The van der Waals surface area contributed by atoms with Gasteiger partial charge >= 0.3 is 0 Å². The Bertz CT molecular complexity index is 874. The molecule has 1 aliphatic rings. The molecule has 0 saturated carbocycles. The van der Waals surface area contributed by atoms with Crippen LogP contribution in [0.25, 0.3) is 11.1 Å². The Hall–Kier alpha value is -2.38. The fourth-order valence-corrected chi connectivity index (χ4v) is 3.93. The van der Waals surface area contributed by atoms with Crippen molar-refractivity contribution >= 4 is 15.9 Å². The quantitative estimate of drug-likeness (QED) is 0.788. The molecule has 0 bridgehead atoms. The van der Waals surface area contributed by atoms with Gasteiger partial charge in [0.15, 0.2) is 6.10 Å². The Labute approximate surface area is 160 Å². The van der Waals surface area contributed by atoms with Crippen LogP contribution >= 0.6 is 0 Å². The van der Waals surface area contributed by atoms with Crippen LogP contribution in [0.2, 0.25) is 0 Å². The van der Waals surface area contributed by atoms with Crippen molar-refractivity contribution in [2.75, 3.05) is 32.4 Å². The molecular weight excluding hydrogens is 364 g/mol. The lowest BCUT2D eigenvalue weighted by atomic mass is 10.1. The molecule has 0 aliphatic carbocycles. The van der Waals surface area contributed by atoms with Gasteiger partial charge < -0.3 is 9.64 Å². The molecule has 0 N–H and O–H groups in total. The number of piperazine rings is 1. The maximum absolute atomic E-state index is 12.6. The van der Waals surface area contributed by atoms with E-state index in [2.05, 4.69) is 0 Å². The molecule has 1 heterocycles. The van der Waals surface area contributed by atoms with Crippen LogP contribution in [-0.4, -0.2) is 62.1 Å². The maximum atomic E-state index is 12.6. The first-order valence-electron chi connectivity index (χ1n) is 8.90. The molecular formula is C20H24N2O4S. The molecule has 6 nitrogen and oxygen atoms in total. The molecule has 1 aliphatic heterocycles. The Morgan fingerprint density at radius 1 is 0.926 bits per heavy atom. The number of carbonyl (C=O) groups is 1. The Morgan fingerprint density at radius 3 is 2.04 bits per heavy atom. The lowest BCUT2D eigenvalue weighted by Gasteiger charge is -2.34. The molecule has 144 valence electrons. The highest BCUT2D eigenvalue weighted by Gasteiger charge is 2.29. The minimum absolute atomic E-state index is 0.129. The van der Waals surface area contributed by atoms with Crippen molar-refractivity contribution in [3.63, 3.8) is 0 Å². The highest BCUT2D eigenvalue weighted by Crippen LogP contribution is 2.23. The fraction of sp³-hybridized carbons (Fsp3) is 0.350. The summed E-state index contributed by atoms with van der Waals surface area (Å²) in [6.45, 7) is 3.13. The largest absolute Gasteiger partial charge is 0.481 e. The molecule has 2 aromatic rings. The van der Waals surface area contributed by atoms with Crippen LogP contribution in [0.5, 0.6) is 5.75 Å². The number of nitrogens with zero attached hydrogens (tertiary/aromatic N) is 2. The Kier molecular flexibility index (Phi) is 5.82. The van der Waals surface area contributed by atoms with Crippen LogP contribution in [0.4, 0.5) is 0 Å². The van der Waals surface area contributed by atoms with Gasteiger partial charge in [-0.3, -0.25) is 4.79 Å². The van der Waals surface area contributed by atoms with Crippen molar-refractivity contribution in [1.82, 2.24) is 9.21 Å². The van der Waals surface area contributed by atoms with E-state index >= 15 is 0 Å². The summed E-state index contributed by atoms with van der Waals surface area (Å²) in [5.74, 6) is 0.501. The van der Waals surface area contributed by atoms with Gasteiger partial charge in [0.25, 0.3) is 5.91 Å². The normalized spacial score (nSPS) is 16.7. The molecule has 0 unspecified atom stereocenters. The van der Waals surface area contributed by atoms with E-state index in [1.807, 2.05) is 54.6 Å². The lowest BCUT2D eigenvalue weighted by molar-refractivity contribution is -0.139. The van der Waals surface area contributed by atoms with Crippen LogP contribution in [0.3, 0.4) is 0 Å². The number of carbonyl (C=O) groups excluding carboxylic acids is 1. The van der Waals surface area contributed by atoms with Gasteiger partial charge in [0.2, 0.25) is 10.0 Å². The third-order valence-electron chi connectivity index (χ3n) is 4.64. The minimum atomic E-state index is -3.21.